The first-order chi connectivity index (χ1) is 16.3. The summed E-state index contributed by atoms with van der Waals surface area (Å²) in [5.41, 5.74) is 2.67. The number of halogens is 2. The van der Waals surface area contributed by atoms with Crippen molar-refractivity contribution in [3.63, 3.8) is 0 Å². The minimum atomic E-state index is -0.809. The number of hydrogen-bond acceptors (Lipinski definition) is 4. The van der Waals surface area contributed by atoms with Gasteiger partial charge in [0.1, 0.15) is 23.7 Å². The van der Waals surface area contributed by atoms with E-state index in [1.807, 2.05) is 13.0 Å². The summed E-state index contributed by atoms with van der Waals surface area (Å²) < 4.78 is 19.4. The first-order valence-corrected chi connectivity index (χ1v) is 10.8. The number of benzene rings is 3. The van der Waals surface area contributed by atoms with E-state index in [1.165, 1.54) is 18.2 Å². The second kappa shape index (κ2) is 9.49. The molecule has 0 aliphatic carbocycles. The van der Waals surface area contributed by atoms with Crippen LogP contribution < -0.4 is 15.0 Å². The monoisotopic (exact) mass is 478 g/mol. The summed E-state index contributed by atoms with van der Waals surface area (Å²) in [6, 6.07) is 15.4. The van der Waals surface area contributed by atoms with Gasteiger partial charge in [-0.05, 0) is 60.9 Å². The highest BCUT2D eigenvalue weighted by Crippen LogP contribution is 2.30. The van der Waals surface area contributed by atoms with Crippen molar-refractivity contribution >= 4 is 41.2 Å². The van der Waals surface area contributed by atoms with Crippen LogP contribution in [0.25, 0.3) is 6.08 Å². The molecular weight excluding hydrogens is 459 g/mol. The van der Waals surface area contributed by atoms with Crippen molar-refractivity contribution < 1.29 is 23.5 Å². The SMILES string of the molecule is Cc1cccc(N2C(=O)NC(=O)/C(=C\c3ccc(OCc4ccccc4F)c(Cl)c3)C2=O)c1C. The quantitative estimate of drug-likeness (QED) is 0.396. The molecule has 1 aliphatic rings. The summed E-state index contributed by atoms with van der Waals surface area (Å²) in [4.78, 5) is 39.0. The predicted octanol–water partition coefficient (Wildman–Crippen LogP) is 5.34. The molecule has 0 atom stereocenters. The van der Waals surface area contributed by atoms with Gasteiger partial charge in [-0.25, -0.2) is 14.1 Å². The number of aryl methyl sites for hydroxylation is 1. The summed E-state index contributed by atoms with van der Waals surface area (Å²) in [5, 5.41) is 2.43. The lowest BCUT2D eigenvalue weighted by Crippen LogP contribution is -2.54. The Morgan fingerprint density at radius 2 is 1.79 bits per heavy atom. The van der Waals surface area contributed by atoms with E-state index in [9.17, 15) is 18.8 Å². The van der Waals surface area contributed by atoms with Crippen LogP contribution in [0, 0.1) is 19.7 Å². The maximum Gasteiger partial charge on any atom is 0.335 e. The minimum absolute atomic E-state index is 0.0133. The van der Waals surface area contributed by atoms with E-state index in [0.29, 0.717) is 22.6 Å². The van der Waals surface area contributed by atoms with E-state index in [2.05, 4.69) is 5.32 Å². The first kappa shape index (κ1) is 23.2. The molecule has 3 aromatic carbocycles. The first-order valence-electron chi connectivity index (χ1n) is 10.4. The third-order valence-electron chi connectivity index (χ3n) is 5.53. The number of nitrogens with zero attached hydrogens (tertiary/aromatic N) is 1. The molecule has 4 amide bonds. The van der Waals surface area contributed by atoms with Gasteiger partial charge in [0.2, 0.25) is 0 Å². The van der Waals surface area contributed by atoms with Gasteiger partial charge < -0.3 is 4.74 Å². The van der Waals surface area contributed by atoms with Crippen LogP contribution in [0.4, 0.5) is 14.9 Å². The zero-order chi connectivity index (χ0) is 24.4. The lowest BCUT2D eigenvalue weighted by atomic mass is 10.0. The van der Waals surface area contributed by atoms with Gasteiger partial charge in [0.05, 0.1) is 10.7 Å². The fourth-order valence-corrected chi connectivity index (χ4v) is 3.76. The summed E-state index contributed by atoms with van der Waals surface area (Å²) in [6.45, 7) is 3.65. The van der Waals surface area contributed by atoms with Crippen molar-refractivity contribution in [1.29, 1.82) is 0 Å². The number of carbonyl (C=O) groups excluding carboxylic acids is 3. The van der Waals surface area contributed by atoms with Crippen LogP contribution in [0.2, 0.25) is 5.02 Å². The third-order valence-corrected chi connectivity index (χ3v) is 5.82. The fourth-order valence-electron chi connectivity index (χ4n) is 3.52. The zero-order valence-corrected chi connectivity index (χ0v) is 19.2. The number of rotatable bonds is 5. The van der Waals surface area contributed by atoms with Gasteiger partial charge >= 0.3 is 6.03 Å². The second-order valence-corrected chi connectivity index (χ2v) is 8.15. The summed E-state index contributed by atoms with van der Waals surface area (Å²) in [7, 11) is 0. The van der Waals surface area contributed by atoms with E-state index in [0.717, 1.165) is 16.0 Å². The lowest BCUT2D eigenvalue weighted by Gasteiger charge is -2.28. The van der Waals surface area contributed by atoms with Crippen molar-refractivity contribution in [2.24, 2.45) is 0 Å². The highest BCUT2D eigenvalue weighted by molar-refractivity contribution is 6.39. The lowest BCUT2D eigenvalue weighted by molar-refractivity contribution is -0.122. The molecule has 0 saturated carbocycles. The zero-order valence-electron chi connectivity index (χ0n) is 18.4. The number of amides is 4. The van der Waals surface area contributed by atoms with Gasteiger partial charge in [0.15, 0.2) is 0 Å². The molecule has 1 N–H and O–H groups in total. The standard InChI is InChI=1S/C26H20ClFN2O4/c1-15-6-5-9-22(16(15)2)30-25(32)19(24(31)29-26(30)33)12-17-10-11-23(20(27)13-17)34-14-18-7-3-4-8-21(18)28/h3-13H,14H2,1-2H3,(H,29,31,33)/b19-12+. The number of carbonyl (C=O) groups is 3. The molecule has 3 aromatic rings. The van der Waals surface area contributed by atoms with Crippen LogP contribution in [-0.4, -0.2) is 17.8 Å². The molecule has 0 spiro atoms. The molecule has 1 heterocycles. The number of ether oxygens (including phenoxy) is 1. The molecule has 1 fully saturated rings. The number of imide groups is 2. The fraction of sp³-hybridized carbons (Fsp3) is 0.115. The summed E-state index contributed by atoms with van der Waals surface area (Å²) >= 11 is 6.31. The van der Waals surface area contributed by atoms with Crippen LogP contribution in [0.15, 0.2) is 66.2 Å². The number of barbiturate groups is 1. The highest BCUT2D eigenvalue weighted by atomic mass is 35.5. The molecule has 0 unspecified atom stereocenters. The van der Waals surface area contributed by atoms with Crippen LogP contribution in [0.5, 0.6) is 5.75 Å². The third kappa shape index (κ3) is 4.56. The molecule has 172 valence electrons. The smallest absolute Gasteiger partial charge is 0.335 e. The topological polar surface area (TPSA) is 75.7 Å². The van der Waals surface area contributed by atoms with Gasteiger partial charge in [-0.2, -0.15) is 0 Å². The van der Waals surface area contributed by atoms with Crippen molar-refractivity contribution in [3.8, 4) is 5.75 Å². The summed E-state index contributed by atoms with van der Waals surface area (Å²) in [6.07, 6.45) is 1.36. The highest BCUT2D eigenvalue weighted by Gasteiger charge is 2.37. The Bertz CT molecular complexity index is 1350. The van der Waals surface area contributed by atoms with Crippen molar-refractivity contribution in [2.75, 3.05) is 4.90 Å². The Labute approximate surface area is 200 Å². The van der Waals surface area contributed by atoms with Crippen molar-refractivity contribution in [1.82, 2.24) is 5.32 Å². The normalized spacial score (nSPS) is 15.0. The minimum Gasteiger partial charge on any atom is -0.487 e. The Morgan fingerprint density at radius 3 is 2.53 bits per heavy atom. The maximum absolute atomic E-state index is 13.8. The number of nitrogens with one attached hydrogen (secondary N) is 1. The van der Waals surface area contributed by atoms with Crippen LogP contribution in [0.1, 0.15) is 22.3 Å². The van der Waals surface area contributed by atoms with Crippen LogP contribution in [-0.2, 0) is 16.2 Å². The summed E-state index contributed by atoms with van der Waals surface area (Å²) in [5.74, 6) is -1.60. The average molecular weight is 479 g/mol. The average Bonchev–Trinajstić information content (AvgIpc) is 2.79. The molecule has 0 radical (unpaired) electrons. The van der Waals surface area contributed by atoms with Gasteiger partial charge in [0.25, 0.3) is 11.8 Å². The predicted molar refractivity (Wildman–Crippen MR) is 127 cm³/mol. The van der Waals surface area contributed by atoms with E-state index < -0.39 is 17.8 Å². The number of anilines is 1. The largest absolute Gasteiger partial charge is 0.487 e. The Balaban J connectivity index is 1.60. The molecule has 1 aliphatic heterocycles. The molecule has 0 aromatic heterocycles. The van der Waals surface area contributed by atoms with E-state index in [1.54, 1.807) is 49.4 Å². The van der Waals surface area contributed by atoms with E-state index in [4.69, 9.17) is 16.3 Å². The van der Waals surface area contributed by atoms with Gasteiger partial charge in [-0.15, -0.1) is 0 Å². The molecular formula is C26H20ClFN2O4. The molecule has 8 heteroatoms. The van der Waals surface area contributed by atoms with Crippen LogP contribution in [0.3, 0.4) is 0 Å². The molecule has 34 heavy (non-hydrogen) atoms. The Kier molecular flexibility index (Phi) is 6.47. The Morgan fingerprint density at radius 1 is 1.03 bits per heavy atom. The van der Waals surface area contributed by atoms with Gasteiger partial charge in [-0.1, -0.05) is 48.0 Å². The Hall–Kier alpha value is -3.97. The number of urea groups is 1. The molecule has 0 bridgehead atoms. The van der Waals surface area contributed by atoms with Crippen LogP contribution >= 0.6 is 11.6 Å². The van der Waals surface area contributed by atoms with Gasteiger partial charge in [0, 0.05) is 5.56 Å². The van der Waals surface area contributed by atoms with Gasteiger partial charge in [-0.3, -0.25) is 14.9 Å². The molecule has 6 nitrogen and oxygen atoms in total. The van der Waals surface area contributed by atoms with Crippen molar-refractivity contribution in [3.05, 3.63) is 99.3 Å². The maximum atomic E-state index is 13.8. The molecule has 1 saturated heterocycles. The number of hydrogen-bond donors (Lipinski definition) is 1. The van der Waals surface area contributed by atoms with E-state index >= 15 is 0 Å². The molecule has 4 rings (SSSR count). The second-order valence-electron chi connectivity index (χ2n) is 7.75. The van der Waals surface area contributed by atoms with E-state index in [-0.39, 0.29) is 23.0 Å². The van der Waals surface area contributed by atoms with Crippen molar-refractivity contribution in [2.45, 2.75) is 20.5 Å².